The highest BCUT2D eigenvalue weighted by molar-refractivity contribution is 5.83. The summed E-state index contributed by atoms with van der Waals surface area (Å²) in [6, 6.07) is 9.28. The van der Waals surface area contributed by atoms with E-state index in [1.165, 1.54) is 0 Å². The largest absolute Gasteiger partial charge is 0.461 e. The highest BCUT2D eigenvalue weighted by Gasteiger charge is 2.21. The second-order valence-electron chi connectivity index (χ2n) is 5.94. The van der Waals surface area contributed by atoms with Gasteiger partial charge < -0.3 is 20.7 Å². The summed E-state index contributed by atoms with van der Waals surface area (Å²) >= 11 is 0. The molecule has 0 radical (unpaired) electrons. The predicted molar refractivity (Wildman–Crippen MR) is 92.5 cm³/mol. The maximum atomic E-state index is 11.8. The fraction of sp³-hybridized carbons (Fsp3) is 0.500. The van der Waals surface area contributed by atoms with Crippen LogP contribution in [0.15, 0.2) is 30.3 Å². The first-order valence-corrected chi connectivity index (χ1v) is 8.62. The van der Waals surface area contributed by atoms with Crippen molar-refractivity contribution in [3.8, 4) is 0 Å². The average Bonchev–Trinajstić information content (AvgIpc) is 3.15. The van der Waals surface area contributed by atoms with Crippen LogP contribution in [0, 0.1) is 0 Å². The van der Waals surface area contributed by atoms with Crippen LogP contribution in [-0.4, -0.2) is 43.5 Å². The molecule has 0 unspecified atom stereocenters. The molecular formula is C18H25N3O4. The molecule has 2 amide bonds. The Bertz CT molecular complexity index is 571. The first-order chi connectivity index (χ1) is 12.1. The monoisotopic (exact) mass is 347 g/mol. The molecule has 0 bridgehead atoms. The molecule has 0 spiro atoms. The Balaban J connectivity index is 1.50. The van der Waals surface area contributed by atoms with Crippen molar-refractivity contribution in [1.82, 2.24) is 16.0 Å². The topological polar surface area (TPSA) is 96.5 Å². The minimum Gasteiger partial charge on any atom is -0.461 e. The number of nitrogens with one attached hydrogen (secondary N) is 3. The van der Waals surface area contributed by atoms with Gasteiger partial charge in [0.25, 0.3) is 0 Å². The van der Waals surface area contributed by atoms with E-state index in [0.29, 0.717) is 6.54 Å². The Kier molecular flexibility index (Phi) is 7.91. The van der Waals surface area contributed by atoms with E-state index < -0.39 is 0 Å². The molecule has 1 heterocycles. The smallest absolute Gasteiger partial charge is 0.307 e. The fourth-order valence-corrected chi connectivity index (χ4v) is 2.53. The normalized spacial score (nSPS) is 16.2. The zero-order chi connectivity index (χ0) is 17.9. The average molecular weight is 347 g/mol. The zero-order valence-corrected chi connectivity index (χ0v) is 14.3. The van der Waals surface area contributed by atoms with E-state index in [0.717, 1.165) is 24.9 Å². The molecule has 3 N–H and O–H groups in total. The zero-order valence-electron chi connectivity index (χ0n) is 14.3. The van der Waals surface area contributed by atoms with Crippen molar-refractivity contribution in [2.24, 2.45) is 0 Å². The van der Waals surface area contributed by atoms with E-state index in [2.05, 4.69) is 16.0 Å². The van der Waals surface area contributed by atoms with Gasteiger partial charge in [0.15, 0.2) is 0 Å². The molecule has 1 saturated heterocycles. The maximum Gasteiger partial charge on any atom is 0.307 e. The van der Waals surface area contributed by atoms with Crippen LogP contribution in [0.1, 0.15) is 31.2 Å². The summed E-state index contributed by atoms with van der Waals surface area (Å²) in [6.07, 6.45) is 2.15. The van der Waals surface area contributed by atoms with Gasteiger partial charge in [-0.05, 0) is 24.9 Å². The third-order valence-corrected chi connectivity index (χ3v) is 3.92. The number of hydrogen-bond acceptors (Lipinski definition) is 5. The van der Waals surface area contributed by atoms with Gasteiger partial charge in [0.2, 0.25) is 11.8 Å². The molecule has 2 rings (SSSR count). The van der Waals surface area contributed by atoms with Crippen molar-refractivity contribution in [1.29, 1.82) is 0 Å². The molecule has 0 saturated carbocycles. The van der Waals surface area contributed by atoms with Gasteiger partial charge >= 0.3 is 5.97 Å². The van der Waals surface area contributed by atoms with Crippen LogP contribution in [0.25, 0.3) is 0 Å². The Morgan fingerprint density at radius 3 is 2.56 bits per heavy atom. The van der Waals surface area contributed by atoms with Crippen molar-refractivity contribution in [3.63, 3.8) is 0 Å². The van der Waals surface area contributed by atoms with Crippen LogP contribution < -0.4 is 16.0 Å². The SMILES string of the molecule is O=C(CCNC(=O)[C@@H]1CCCN1)NCCC(=O)OCc1ccccc1. The number of amides is 2. The van der Waals surface area contributed by atoms with Gasteiger partial charge in [-0.3, -0.25) is 14.4 Å². The summed E-state index contributed by atoms with van der Waals surface area (Å²) in [5.74, 6) is -0.616. The number of esters is 1. The summed E-state index contributed by atoms with van der Waals surface area (Å²) in [7, 11) is 0. The van der Waals surface area contributed by atoms with Crippen LogP contribution in [-0.2, 0) is 25.7 Å². The Morgan fingerprint density at radius 1 is 1.08 bits per heavy atom. The molecular weight excluding hydrogens is 322 g/mol. The minimum absolute atomic E-state index is 0.0604. The van der Waals surface area contributed by atoms with Crippen molar-refractivity contribution in [3.05, 3.63) is 35.9 Å². The van der Waals surface area contributed by atoms with Gasteiger partial charge in [-0.15, -0.1) is 0 Å². The van der Waals surface area contributed by atoms with Gasteiger partial charge in [0.1, 0.15) is 6.61 Å². The van der Waals surface area contributed by atoms with Gasteiger partial charge in [0, 0.05) is 19.5 Å². The van der Waals surface area contributed by atoms with Crippen molar-refractivity contribution < 1.29 is 19.1 Å². The first kappa shape index (κ1) is 18.9. The summed E-state index contributed by atoms with van der Waals surface area (Å²) < 4.78 is 5.13. The second-order valence-corrected chi connectivity index (χ2v) is 5.94. The van der Waals surface area contributed by atoms with Crippen LogP contribution >= 0.6 is 0 Å². The lowest BCUT2D eigenvalue weighted by Crippen LogP contribution is -2.41. The molecule has 1 aromatic carbocycles. The molecule has 1 aliphatic rings. The fourth-order valence-electron chi connectivity index (χ4n) is 2.53. The molecule has 1 atom stereocenters. The standard InChI is InChI=1S/C18H25N3O4/c22-16(8-11-21-18(24)15-7-4-10-19-15)20-12-9-17(23)25-13-14-5-2-1-3-6-14/h1-3,5-6,15,19H,4,7-13H2,(H,20,22)(H,21,24)/t15-/m0/s1. The molecule has 25 heavy (non-hydrogen) atoms. The summed E-state index contributed by atoms with van der Waals surface area (Å²) in [4.78, 5) is 35.0. The number of benzene rings is 1. The van der Waals surface area contributed by atoms with E-state index in [1.807, 2.05) is 30.3 Å². The quantitative estimate of drug-likeness (QED) is 0.565. The maximum absolute atomic E-state index is 11.8. The molecule has 1 aliphatic heterocycles. The van der Waals surface area contributed by atoms with Gasteiger partial charge in [-0.1, -0.05) is 30.3 Å². The molecule has 0 aromatic heterocycles. The minimum atomic E-state index is -0.357. The van der Waals surface area contributed by atoms with E-state index >= 15 is 0 Å². The van der Waals surface area contributed by atoms with Crippen molar-refractivity contribution in [2.45, 2.75) is 38.3 Å². The molecule has 1 fully saturated rings. The Morgan fingerprint density at radius 2 is 1.84 bits per heavy atom. The van der Waals surface area contributed by atoms with Crippen LogP contribution in [0.4, 0.5) is 0 Å². The third-order valence-electron chi connectivity index (χ3n) is 3.92. The third kappa shape index (κ3) is 7.34. The first-order valence-electron chi connectivity index (χ1n) is 8.62. The molecule has 1 aromatic rings. The lowest BCUT2D eigenvalue weighted by Gasteiger charge is -2.11. The lowest BCUT2D eigenvalue weighted by molar-refractivity contribution is -0.144. The molecule has 136 valence electrons. The van der Waals surface area contributed by atoms with Crippen molar-refractivity contribution >= 4 is 17.8 Å². The van der Waals surface area contributed by atoms with E-state index in [9.17, 15) is 14.4 Å². The van der Waals surface area contributed by atoms with Gasteiger partial charge in [-0.25, -0.2) is 0 Å². The predicted octanol–water partition coefficient (Wildman–Crippen LogP) is 0.494. The molecule has 0 aliphatic carbocycles. The lowest BCUT2D eigenvalue weighted by atomic mass is 10.2. The Labute approximate surface area is 147 Å². The second kappa shape index (κ2) is 10.5. The van der Waals surface area contributed by atoms with E-state index in [4.69, 9.17) is 4.74 Å². The highest BCUT2D eigenvalue weighted by Crippen LogP contribution is 2.04. The van der Waals surface area contributed by atoms with Crippen LogP contribution in [0.5, 0.6) is 0 Å². The Hall–Kier alpha value is -2.41. The number of ether oxygens (including phenoxy) is 1. The highest BCUT2D eigenvalue weighted by atomic mass is 16.5. The number of hydrogen-bond donors (Lipinski definition) is 3. The van der Waals surface area contributed by atoms with E-state index in [-0.39, 0.29) is 49.8 Å². The number of rotatable bonds is 9. The van der Waals surface area contributed by atoms with E-state index in [1.54, 1.807) is 0 Å². The number of carbonyl (C=O) groups excluding carboxylic acids is 3. The van der Waals surface area contributed by atoms with Crippen LogP contribution in [0.3, 0.4) is 0 Å². The molecule has 7 nitrogen and oxygen atoms in total. The summed E-state index contributed by atoms with van der Waals surface area (Å²) in [6.45, 7) is 1.61. The molecule has 7 heteroatoms. The van der Waals surface area contributed by atoms with Gasteiger partial charge in [-0.2, -0.15) is 0 Å². The van der Waals surface area contributed by atoms with Crippen molar-refractivity contribution in [2.75, 3.05) is 19.6 Å². The summed E-state index contributed by atoms with van der Waals surface area (Å²) in [5, 5.41) is 8.49. The van der Waals surface area contributed by atoms with Gasteiger partial charge in [0.05, 0.1) is 12.5 Å². The van der Waals surface area contributed by atoms with Crippen LogP contribution in [0.2, 0.25) is 0 Å². The number of carbonyl (C=O) groups is 3. The summed E-state index contributed by atoms with van der Waals surface area (Å²) in [5.41, 5.74) is 0.923.